The van der Waals surface area contributed by atoms with Crippen molar-refractivity contribution in [3.63, 3.8) is 0 Å². The van der Waals surface area contributed by atoms with E-state index >= 15 is 0 Å². The number of alkyl halides is 6. The fourth-order valence-electron chi connectivity index (χ4n) is 4.62. The van der Waals surface area contributed by atoms with Gasteiger partial charge in [0.15, 0.2) is 5.41 Å². The van der Waals surface area contributed by atoms with Gasteiger partial charge in [-0.3, -0.25) is 9.69 Å². The fourth-order valence-corrected chi connectivity index (χ4v) is 5.08. The summed E-state index contributed by atoms with van der Waals surface area (Å²) in [7, 11) is 0. The molecule has 238 valence electrons. The minimum Gasteiger partial charge on any atom is -0.444 e. The number of ether oxygens (including phenoxy) is 1. The van der Waals surface area contributed by atoms with Gasteiger partial charge in [-0.1, -0.05) is 44.0 Å². The molecule has 5 nitrogen and oxygen atoms in total. The number of allylic oxidation sites excluding steroid dienone is 1. The van der Waals surface area contributed by atoms with Gasteiger partial charge in [0.2, 0.25) is 0 Å². The molecule has 12 heteroatoms. The zero-order valence-corrected chi connectivity index (χ0v) is 26.1. The Morgan fingerprint density at radius 1 is 1.00 bits per heavy atom. The molecule has 0 aromatic heterocycles. The summed E-state index contributed by atoms with van der Waals surface area (Å²) in [6, 6.07) is 7.54. The fraction of sp³-hybridized carbons (Fsp3) is 0.484. The summed E-state index contributed by atoms with van der Waals surface area (Å²) in [6.45, 7) is 13.7. The Morgan fingerprint density at radius 3 is 1.98 bits per heavy atom. The van der Waals surface area contributed by atoms with Crippen LogP contribution in [0.3, 0.4) is 0 Å². The molecule has 43 heavy (non-hydrogen) atoms. The van der Waals surface area contributed by atoms with Crippen LogP contribution < -0.4 is 5.32 Å². The van der Waals surface area contributed by atoms with Gasteiger partial charge in [-0.05, 0) is 81.3 Å². The third kappa shape index (κ3) is 8.27. The molecule has 1 aliphatic heterocycles. The first-order valence-electron chi connectivity index (χ1n) is 13.6. The van der Waals surface area contributed by atoms with Crippen LogP contribution in [0.4, 0.5) is 36.8 Å². The van der Waals surface area contributed by atoms with Crippen molar-refractivity contribution in [1.82, 2.24) is 4.90 Å². The standard InChI is InChI=1S/C28H30F6N2O3S.C3H8/c1-16(2)14-26(27(29,30)31,28(32,33)34)18-7-9-19(10-8-18)35-23(37)22-21-12-11-20(40-6)13-17(21)15-36(22)24(38)39-25(3,4)5;1-3-2/h7-13,22H,1,14-15H2,2-6H3,(H,35,37);3H2,1-2H3. The molecule has 0 saturated heterocycles. The molecule has 0 spiro atoms. The highest BCUT2D eigenvalue weighted by atomic mass is 32.2. The minimum atomic E-state index is -5.66. The SMILES string of the molecule is C=C(C)CC(c1ccc(NC(=O)C2c3ccc(SC)cc3CN2C(=O)OC(C)(C)C)cc1)(C(F)(F)F)C(F)(F)F.CCC. The maximum atomic E-state index is 14.0. The number of anilines is 1. The first kappa shape index (κ1) is 36.0. The van der Waals surface area contributed by atoms with E-state index in [9.17, 15) is 35.9 Å². The van der Waals surface area contributed by atoms with E-state index in [2.05, 4.69) is 25.7 Å². The van der Waals surface area contributed by atoms with Gasteiger partial charge in [-0.2, -0.15) is 26.3 Å². The van der Waals surface area contributed by atoms with Crippen LogP contribution in [0.2, 0.25) is 0 Å². The molecule has 2 aromatic rings. The van der Waals surface area contributed by atoms with Crippen LogP contribution in [0.5, 0.6) is 0 Å². The maximum Gasteiger partial charge on any atom is 0.411 e. The molecule has 1 atom stereocenters. The van der Waals surface area contributed by atoms with Crippen molar-refractivity contribution in [2.75, 3.05) is 11.6 Å². The van der Waals surface area contributed by atoms with Gasteiger partial charge in [-0.25, -0.2) is 4.79 Å². The van der Waals surface area contributed by atoms with E-state index in [0.29, 0.717) is 23.3 Å². The summed E-state index contributed by atoms with van der Waals surface area (Å²) in [5.41, 5.74) is -5.12. The number of benzene rings is 2. The van der Waals surface area contributed by atoms with Crippen LogP contribution in [0.15, 0.2) is 59.5 Å². The molecule has 2 amide bonds. The normalized spacial score (nSPS) is 15.3. The Hall–Kier alpha value is -3.15. The number of nitrogens with zero attached hydrogens (tertiary/aromatic N) is 1. The van der Waals surface area contributed by atoms with E-state index in [1.807, 2.05) is 12.3 Å². The lowest BCUT2D eigenvalue weighted by molar-refractivity contribution is -0.303. The number of rotatable bonds is 6. The van der Waals surface area contributed by atoms with Crippen LogP contribution in [0.25, 0.3) is 0 Å². The van der Waals surface area contributed by atoms with Gasteiger partial charge >= 0.3 is 18.4 Å². The molecular formula is C31H38F6N2O3S. The third-order valence-electron chi connectivity index (χ3n) is 6.35. The van der Waals surface area contributed by atoms with E-state index in [1.54, 1.807) is 32.9 Å². The average Bonchev–Trinajstić information content (AvgIpc) is 3.25. The van der Waals surface area contributed by atoms with E-state index < -0.39 is 53.4 Å². The van der Waals surface area contributed by atoms with Gasteiger partial charge in [0.05, 0.1) is 6.54 Å². The number of halogens is 6. The Balaban J connectivity index is 0.00000206. The molecule has 0 fully saturated rings. The number of carbonyl (C=O) groups is 2. The first-order chi connectivity index (χ1) is 19.7. The zero-order chi connectivity index (χ0) is 33.0. The summed E-state index contributed by atoms with van der Waals surface area (Å²) in [4.78, 5) is 28.5. The molecule has 0 aliphatic carbocycles. The number of nitrogens with one attached hydrogen (secondary N) is 1. The zero-order valence-electron chi connectivity index (χ0n) is 25.3. The van der Waals surface area contributed by atoms with E-state index in [1.165, 1.54) is 23.1 Å². The molecule has 0 bridgehead atoms. The number of fused-ring (bicyclic) bond motifs is 1. The molecule has 3 rings (SSSR count). The predicted octanol–water partition coefficient (Wildman–Crippen LogP) is 9.58. The van der Waals surface area contributed by atoms with E-state index in [0.717, 1.165) is 24.0 Å². The van der Waals surface area contributed by atoms with E-state index in [-0.39, 0.29) is 17.8 Å². The highest BCUT2D eigenvalue weighted by molar-refractivity contribution is 7.98. The minimum absolute atomic E-state index is 0.0411. The number of hydrogen-bond donors (Lipinski definition) is 1. The smallest absolute Gasteiger partial charge is 0.411 e. The molecule has 2 aromatic carbocycles. The van der Waals surface area contributed by atoms with Crippen LogP contribution in [-0.4, -0.2) is 41.1 Å². The highest BCUT2D eigenvalue weighted by Gasteiger charge is 2.71. The quantitative estimate of drug-likeness (QED) is 0.196. The Kier molecular flexibility index (Phi) is 11.4. The topological polar surface area (TPSA) is 58.6 Å². The highest BCUT2D eigenvalue weighted by Crippen LogP contribution is 2.55. The largest absolute Gasteiger partial charge is 0.444 e. The van der Waals surface area contributed by atoms with Crippen molar-refractivity contribution >= 4 is 29.4 Å². The van der Waals surface area contributed by atoms with E-state index in [4.69, 9.17) is 4.74 Å². The van der Waals surface area contributed by atoms with Crippen molar-refractivity contribution in [3.8, 4) is 0 Å². The second kappa shape index (κ2) is 13.7. The molecule has 1 aliphatic rings. The van der Waals surface area contributed by atoms with Crippen molar-refractivity contribution in [2.45, 2.75) is 95.2 Å². The molecule has 1 N–H and O–H groups in total. The van der Waals surface area contributed by atoms with Crippen molar-refractivity contribution in [2.24, 2.45) is 0 Å². The number of carbonyl (C=O) groups excluding carboxylic acids is 2. The van der Waals surface area contributed by atoms with Crippen molar-refractivity contribution in [3.05, 3.63) is 71.3 Å². The van der Waals surface area contributed by atoms with Gasteiger partial charge < -0.3 is 10.1 Å². The second-order valence-electron chi connectivity index (χ2n) is 11.4. The number of hydrogen-bond acceptors (Lipinski definition) is 4. The lowest BCUT2D eigenvalue weighted by atomic mass is 9.74. The molecule has 1 unspecified atom stereocenters. The Morgan fingerprint density at radius 2 is 1.53 bits per heavy atom. The second-order valence-corrected chi connectivity index (χ2v) is 12.3. The number of amides is 2. The first-order valence-corrected chi connectivity index (χ1v) is 14.8. The van der Waals surface area contributed by atoms with Crippen molar-refractivity contribution < 1.29 is 40.7 Å². The average molecular weight is 633 g/mol. The summed E-state index contributed by atoms with van der Waals surface area (Å²) in [5, 5.41) is 2.52. The van der Waals surface area contributed by atoms with Crippen LogP contribution in [0, 0.1) is 0 Å². The summed E-state index contributed by atoms with van der Waals surface area (Å²) < 4.78 is 89.4. The molecule has 0 radical (unpaired) electrons. The van der Waals surface area contributed by atoms with Crippen molar-refractivity contribution in [1.29, 1.82) is 0 Å². The van der Waals surface area contributed by atoms with Crippen LogP contribution >= 0.6 is 11.8 Å². The predicted molar refractivity (Wildman–Crippen MR) is 157 cm³/mol. The van der Waals surface area contributed by atoms with Gasteiger partial charge in [0, 0.05) is 10.6 Å². The molecule has 1 heterocycles. The Labute approximate surface area is 253 Å². The van der Waals surface area contributed by atoms with Crippen LogP contribution in [0.1, 0.15) is 77.1 Å². The summed E-state index contributed by atoms with van der Waals surface area (Å²) in [5.74, 6) is -0.700. The number of thioether (sulfide) groups is 1. The Bertz CT molecular complexity index is 1290. The third-order valence-corrected chi connectivity index (χ3v) is 7.08. The van der Waals surface area contributed by atoms with Gasteiger partial charge in [0.25, 0.3) is 5.91 Å². The maximum absolute atomic E-state index is 14.0. The molecular weight excluding hydrogens is 594 g/mol. The monoisotopic (exact) mass is 632 g/mol. The molecule has 0 saturated carbocycles. The van der Waals surface area contributed by atoms with Gasteiger partial charge in [-0.15, -0.1) is 18.3 Å². The van der Waals surface area contributed by atoms with Crippen LogP contribution in [-0.2, 0) is 21.5 Å². The lowest BCUT2D eigenvalue weighted by Gasteiger charge is -2.38. The lowest BCUT2D eigenvalue weighted by Crippen LogP contribution is -2.54. The van der Waals surface area contributed by atoms with Gasteiger partial charge in [0.1, 0.15) is 11.6 Å². The summed E-state index contributed by atoms with van der Waals surface area (Å²) >= 11 is 1.48. The summed E-state index contributed by atoms with van der Waals surface area (Å²) in [6.07, 6.45) is -10.3.